The van der Waals surface area contributed by atoms with Crippen LogP contribution in [0.1, 0.15) is 0 Å². The maximum absolute atomic E-state index is 6.39. The Balaban J connectivity index is 0.994. The number of aromatic nitrogens is 3. The summed E-state index contributed by atoms with van der Waals surface area (Å²) in [4.78, 5) is 15.9. The minimum Gasteiger partial charge on any atom is -0.438 e. The third-order valence-corrected chi connectivity index (χ3v) is 12.5. The van der Waals surface area contributed by atoms with Crippen molar-refractivity contribution in [1.29, 1.82) is 0 Å². The molecule has 282 valence electrons. The van der Waals surface area contributed by atoms with Gasteiger partial charge in [0.05, 0.1) is 22.5 Å². The second-order valence-electron chi connectivity index (χ2n) is 15.9. The molecule has 3 aromatic heterocycles. The molecule has 3 heterocycles. The number of rotatable bonds is 5. The van der Waals surface area contributed by atoms with E-state index in [9.17, 15) is 0 Å². The van der Waals surface area contributed by atoms with Crippen molar-refractivity contribution in [2.75, 3.05) is 0 Å². The lowest BCUT2D eigenvalue weighted by atomic mass is 9.89. The van der Waals surface area contributed by atoms with Crippen LogP contribution in [-0.4, -0.2) is 15.0 Å². The van der Waals surface area contributed by atoms with Gasteiger partial charge < -0.3 is 4.42 Å². The maximum atomic E-state index is 6.39. The second kappa shape index (κ2) is 13.2. The molecular formula is C57H33N3O. The number of para-hydroxylation sites is 1. The van der Waals surface area contributed by atoms with Gasteiger partial charge in [-0.05, 0) is 83.9 Å². The first-order valence-corrected chi connectivity index (χ1v) is 20.7. The van der Waals surface area contributed by atoms with Gasteiger partial charge in [0.15, 0.2) is 5.82 Å². The molecule has 0 N–H and O–H groups in total. The molecule has 0 aliphatic carbocycles. The number of benzene rings is 10. The van der Waals surface area contributed by atoms with Crippen LogP contribution in [-0.2, 0) is 0 Å². The fraction of sp³-hybridized carbons (Fsp3) is 0. The average Bonchev–Trinajstić information content (AvgIpc) is 3.72. The van der Waals surface area contributed by atoms with Gasteiger partial charge in [0.2, 0.25) is 5.71 Å². The fourth-order valence-electron chi connectivity index (χ4n) is 9.65. The van der Waals surface area contributed by atoms with Gasteiger partial charge in [-0.25, -0.2) is 15.0 Å². The molecule has 4 nitrogen and oxygen atoms in total. The van der Waals surface area contributed by atoms with Crippen LogP contribution in [0.3, 0.4) is 0 Å². The molecule has 4 heteroatoms. The van der Waals surface area contributed by atoms with E-state index in [-0.39, 0.29) is 0 Å². The molecule has 13 rings (SSSR count). The van der Waals surface area contributed by atoms with Crippen molar-refractivity contribution in [2.24, 2.45) is 0 Å². The molecule has 0 atom stereocenters. The number of hydrogen-bond acceptors (Lipinski definition) is 4. The quantitative estimate of drug-likeness (QED) is 0.163. The van der Waals surface area contributed by atoms with Crippen molar-refractivity contribution >= 4 is 75.9 Å². The van der Waals surface area contributed by atoms with Crippen LogP contribution in [0.25, 0.3) is 132 Å². The van der Waals surface area contributed by atoms with E-state index in [0.717, 1.165) is 82.8 Å². The molecular weight excluding hydrogens is 743 g/mol. The van der Waals surface area contributed by atoms with E-state index < -0.39 is 0 Å². The Morgan fingerprint density at radius 2 is 0.885 bits per heavy atom. The first-order chi connectivity index (χ1) is 30.2. The van der Waals surface area contributed by atoms with Gasteiger partial charge >= 0.3 is 0 Å². The Bertz CT molecular complexity index is 3870. The van der Waals surface area contributed by atoms with Crippen molar-refractivity contribution in [2.45, 2.75) is 0 Å². The third-order valence-electron chi connectivity index (χ3n) is 12.5. The van der Waals surface area contributed by atoms with Gasteiger partial charge in [-0.3, -0.25) is 0 Å². The van der Waals surface area contributed by atoms with Crippen LogP contribution in [0.5, 0.6) is 0 Å². The number of nitrogens with zero attached hydrogens (tertiary/aromatic N) is 3. The zero-order chi connectivity index (χ0) is 40.0. The summed E-state index contributed by atoms with van der Waals surface area (Å²) in [6.45, 7) is 0. The van der Waals surface area contributed by atoms with Crippen molar-refractivity contribution in [3.8, 4) is 56.3 Å². The smallest absolute Gasteiger partial charge is 0.228 e. The summed E-state index contributed by atoms with van der Waals surface area (Å²) < 4.78 is 6.39. The van der Waals surface area contributed by atoms with Crippen LogP contribution in [0, 0.1) is 0 Å². The van der Waals surface area contributed by atoms with Gasteiger partial charge in [-0.15, -0.1) is 0 Å². The van der Waals surface area contributed by atoms with E-state index in [1.54, 1.807) is 0 Å². The number of fused-ring (bicyclic) bond motifs is 6. The molecule has 0 saturated heterocycles. The molecule has 61 heavy (non-hydrogen) atoms. The summed E-state index contributed by atoms with van der Waals surface area (Å²) in [5.74, 6) is 0.665. The molecule has 0 unspecified atom stereocenters. The Hall–Kier alpha value is -8.21. The normalized spacial score (nSPS) is 11.9. The summed E-state index contributed by atoms with van der Waals surface area (Å²) >= 11 is 0. The van der Waals surface area contributed by atoms with Crippen LogP contribution >= 0.6 is 0 Å². The molecule has 0 aliphatic heterocycles. The van der Waals surface area contributed by atoms with Gasteiger partial charge in [0, 0.05) is 33.0 Å². The summed E-state index contributed by atoms with van der Waals surface area (Å²) in [5.41, 5.74) is 10.5. The molecule has 0 aliphatic rings. The van der Waals surface area contributed by atoms with E-state index >= 15 is 0 Å². The molecule has 0 radical (unpaired) electrons. The molecule has 0 bridgehead atoms. The van der Waals surface area contributed by atoms with Crippen molar-refractivity contribution < 1.29 is 4.42 Å². The van der Waals surface area contributed by atoms with Gasteiger partial charge in [-0.1, -0.05) is 176 Å². The van der Waals surface area contributed by atoms with E-state index in [1.807, 2.05) is 18.2 Å². The average molecular weight is 776 g/mol. The number of hydrogen-bond donors (Lipinski definition) is 0. The van der Waals surface area contributed by atoms with E-state index in [4.69, 9.17) is 19.4 Å². The molecule has 0 saturated carbocycles. The molecule has 0 fully saturated rings. The fourth-order valence-corrected chi connectivity index (χ4v) is 9.65. The van der Waals surface area contributed by atoms with E-state index in [1.165, 1.54) is 37.9 Å². The SMILES string of the molecule is c1ccc(-c2cc(-c3cccc(-c4ccc5ccc6cccc7ccc4c5c67)c3)nc(-c3ccc(-c4nc5oc6ccccc6c5c5ccccc45)c4ccccc34)n2)cc1. The molecule has 10 aromatic carbocycles. The zero-order valence-corrected chi connectivity index (χ0v) is 32.8. The summed E-state index contributed by atoms with van der Waals surface area (Å²) in [6, 6.07) is 71.0. The predicted molar refractivity (Wildman–Crippen MR) is 253 cm³/mol. The summed E-state index contributed by atoms with van der Waals surface area (Å²) in [6.07, 6.45) is 0. The first-order valence-electron chi connectivity index (χ1n) is 20.7. The lowest BCUT2D eigenvalue weighted by Crippen LogP contribution is -1.97. The largest absolute Gasteiger partial charge is 0.438 e. The van der Waals surface area contributed by atoms with Crippen LogP contribution in [0.4, 0.5) is 0 Å². The highest BCUT2D eigenvalue weighted by Gasteiger charge is 2.20. The Morgan fingerprint density at radius 1 is 0.311 bits per heavy atom. The Labute approximate surface area is 350 Å². The van der Waals surface area contributed by atoms with Crippen LogP contribution < -0.4 is 0 Å². The standard InChI is InChI=1S/C57H33N3O/c1-2-12-34(13-3-1)49-33-50(39-17-11-16-38(32-39)40-28-26-37-25-24-35-14-10-15-36-27-29-44(40)53(37)52(35)36)59-56(58-49)47-31-30-46(41-18-4-5-19-42(41)47)55-45-21-7-6-20-43(45)54-48-22-8-9-23-51(48)61-57(54)60-55/h1-33H. The third kappa shape index (κ3) is 5.22. The van der Waals surface area contributed by atoms with Gasteiger partial charge in [0.25, 0.3) is 0 Å². The highest BCUT2D eigenvalue weighted by Crippen LogP contribution is 2.43. The Kier molecular flexibility index (Phi) is 7.27. The number of furan rings is 1. The molecule has 0 amide bonds. The highest BCUT2D eigenvalue weighted by atomic mass is 16.3. The number of pyridine rings is 1. The topological polar surface area (TPSA) is 51.8 Å². The molecule has 13 aromatic rings. The minimum absolute atomic E-state index is 0.635. The Morgan fingerprint density at radius 3 is 1.70 bits per heavy atom. The van der Waals surface area contributed by atoms with Crippen molar-refractivity contribution in [1.82, 2.24) is 15.0 Å². The van der Waals surface area contributed by atoms with Crippen molar-refractivity contribution in [3.05, 3.63) is 200 Å². The summed E-state index contributed by atoms with van der Waals surface area (Å²) in [5, 5.41) is 14.1. The highest BCUT2D eigenvalue weighted by molar-refractivity contribution is 6.26. The molecule has 0 spiro atoms. The second-order valence-corrected chi connectivity index (χ2v) is 15.9. The van der Waals surface area contributed by atoms with Crippen molar-refractivity contribution in [3.63, 3.8) is 0 Å². The van der Waals surface area contributed by atoms with Gasteiger partial charge in [0.1, 0.15) is 5.58 Å². The van der Waals surface area contributed by atoms with Crippen LogP contribution in [0.15, 0.2) is 205 Å². The maximum Gasteiger partial charge on any atom is 0.228 e. The minimum atomic E-state index is 0.635. The zero-order valence-electron chi connectivity index (χ0n) is 32.8. The van der Waals surface area contributed by atoms with Gasteiger partial charge in [-0.2, -0.15) is 0 Å². The monoisotopic (exact) mass is 775 g/mol. The van der Waals surface area contributed by atoms with E-state index in [0.29, 0.717) is 11.5 Å². The summed E-state index contributed by atoms with van der Waals surface area (Å²) in [7, 11) is 0. The predicted octanol–water partition coefficient (Wildman–Crippen LogP) is 15.3. The lowest BCUT2D eigenvalue weighted by molar-refractivity contribution is 0.655. The van der Waals surface area contributed by atoms with Crippen LogP contribution in [0.2, 0.25) is 0 Å². The first kappa shape index (κ1) is 33.7. The van der Waals surface area contributed by atoms with E-state index in [2.05, 4.69) is 182 Å². The lowest BCUT2D eigenvalue weighted by Gasteiger charge is -2.15.